The molecule has 3 aliphatic heterocycles. The number of carbonyl (C=O) groups excluding carboxylic acids is 1. The van der Waals surface area contributed by atoms with E-state index >= 15 is 0 Å². The zero-order chi connectivity index (χ0) is 15.8. The van der Waals surface area contributed by atoms with Gasteiger partial charge >= 0.3 is 0 Å². The third kappa shape index (κ3) is 2.98. The predicted octanol–water partition coefficient (Wildman–Crippen LogP) is 1.09. The molecule has 2 saturated heterocycles. The smallest absolute Gasteiger partial charge is 0.276 e. The van der Waals surface area contributed by atoms with Crippen LogP contribution in [0.5, 0.6) is 0 Å². The molecule has 23 heavy (non-hydrogen) atoms. The number of rotatable bonds is 3. The van der Waals surface area contributed by atoms with Gasteiger partial charge < -0.3 is 5.32 Å². The summed E-state index contributed by atoms with van der Waals surface area (Å²) in [6.45, 7) is 2.96. The molecule has 5 rings (SSSR count). The lowest BCUT2D eigenvalue weighted by atomic mass is 9.76. The molecule has 1 atom stereocenters. The Kier molecular flexibility index (Phi) is 4.05. The molecular weight excluding hydrogens is 292 g/mol. The van der Waals surface area contributed by atoms with Gasteiger partial charge in [0.05, 0.1) is 11.3 Å². The third-order valence-corrected chi connectivity index (χ3v) is 5.74. The summed E-state index contributed by atoms with van der Waals surface area (Å²) in [5.41, 5.74) is 4.28. The molecule has 124 valence electrons. The number of nitrogens with zero attached hydrogens (tertiary/aromatic N) is 2. The van der Waals surface area contributed by atoms with Crippen molar-refractivity contribution < 1.29 is 10.0 Å². The number of aromatic nitrogens is 1. The molecule has 1 saturated carbocycles. The Hall–Kier alpha value is -1.50. The number of carbonyl (C=O) groups is 1. The molecule has 3 fully saturated rings. The number of fused-ring (bicyclic) bond motifs is 4. The summed E-state index contributed by atoms with van der Waals surface area (Å²) < 4.78 is 0. The Morgan fingerprint density at radius 1 is 1.39 bits per heavy atom. The third-order valence-electron chi connectivity index (χ3n) is 5.74. The van der Waals surface area contributed by atoms with E-state index in [1.165, 1.54) is 25.7 Å². The summed E-state index contributed by atoms with van der Waals surface area (Å²) in [5, 5.41) is 12.5. The van der Waals surface area contributed by atoms with Gasteiger partial charge in [0.1, 0.15) is 0 Å². The van der Waals surface area contributed by atoms with E-state index in [9.17, 15) is 4.79 Å². The van der Waals surface area contributed by atoms with Gasteiger partial charge in [0.25, 0.3) is 5.91 Å². The van der Waals surface area contributed by atoms with Gasteiger partial charge in [-0.2, -0.15) is 0 Å². The molecule has 0 radical (unpaired) electrons. The number of hydrogen-bond acceptors (Lipinski definition) is 5. The first kappa shape index (κ1) is 15.1. The standard InChI is InChI=1S/C17H24N4O2/c22-17(20-23)13-7-12-5-6-21(9-15(12)18-8-13)10-16-11-1-3-14(19-16)4-2-11/h7-8,11,14,16,19,23H,1-6,9-10H2,(H,20,22). The average Bonchev–Trinajstić information content (AvgIpc) is 2.61. The van der Waals surface area contributed by atoms with Crippen LogP contribution in [0.3, 0.4) is 0 Å². The highest BCUT2D eigenvalue weighted by atomic mass is 16.5. The Morgan fingerprint density at radius 3 is 2.91 bits per heavy atom. The number of hydroxylamine groups is 1. The number of pyridine rings is 1. The highest BCUT2D eigenvalue weighted by molar-refractivity contribution is 5.93. The molecule has 4 aliphatic rings. The van der Waals surface area contributed by atoms with Crippen LogP contribution in [0, 0.1) is 5.92 Å². The van der Waals surface area contributed by atoms with Crippen molar-refractivity contribution in [1.29, 1.82) is 0 Å². The van der Waals surface area contributed by atoms with Gasteiger partial charge in [0.15, 0.2) is 0 Å². The summed E-state index contributed by atoms with van der Waals surface area (Å²) in [6, 6.07) is 3.22. The van der Waals surface area contributed by atoms with Crippen LogP contribution in [-0.2, 0) is 13.0 Å². The summed E-state index contributed by atoms with van der Waals surface area (Å²) in [4.78, 5) is 18.4. The fourth-order valence-corrected chi connectivity index (χ4v) is 4.42. The minimum Gasteiger partial charge on any atom is -0.310 e. The quantitative estimate of drug-likeness (QED) is 0.575. The van der Waals surface area contributed by atoms with Crippen molar-refractivity contribution in [3.05, 3.63) is 29.1 Å². The molecule has 1 amide bonds. The maximum Gasteiger partial charge on any atom is 0.276 e. The van der Waals surface area contributed by atoms with E-state index in [1.54, 1.807) is 11.7 Å². The Bertz CT molecular complexity index is 598. The van der Waals surface area contributed by atoms with Gasteiger partial charge in [-0.05, 0) is 49.7 Å². The van der Waals surface area contributed by atoms with Gasteiger partial charge in [-0.1, -0.05) is 0 Å². The van der Waals surface area contributed by atoms with Gasteiger partial charge in [-0.3, -0.25) is 19.9 Å². The lowest BCUT2D eigenvalue weighted by Gasteiger charge is -2.45. The number of hydrogen-bond donors (Lipinski definition) is 3. The molecule has 1 aromatic rings. The van der Waals surface area contributed by atoms with E-state index in [-0.39, 0.29) is 0 Å². The molecule has 3 N–H and O–H groups in total. The van der Waals surface area contributed by atoms with Crippen molar-refractivity contribution in [2.75, 3.05) is 13.1 Å². The summed E-state index contributed by atoms with van der Waals surface area (Å²) in [7, 11) is 0. The first-order valence-electron chi connectivity index (χ1n) is 8.63. The Balaban J connectivity index is 1.42. The van der Waals surface area contributed by atoms with Crippen molar-refractivity contribution in [3.8, 4) is 0 Å². The highest BCUT2D eigenvalue weighted by Crippen LogP contribution is 2.33. The molecule has 6 heteroatoms. The Labute approximate surface area is 136 Å². The number of nitrogens with one attached hydrogen (secondary N) is 2. The SMILES string of the molecule is O=C(NO)c1cnc2c(c1)CCN(CC1NC3CCC1CC3)C2. The Morgan fingerprint density at radius 2 is 2.22 bits per heavy atom. The van der Waals surface area contributed by atoms with Gasteiger partial charge in [0.2, 0.25) is 0 Å². The van der Waals surface area contributed by atoms with E-state index in [1.807, 2.05) is 6.07 Å². The first-order chi connectivity index (χ1) is 11.2. The van der Waals surface area contributed by atoms with Crippen molar-refractivity contribution in [3.63, 3.8) is 0 Å². The normalized spacial score (nSPS) is 30.0. The molecule has 1 aliphatic carbocycles. The molecule has 0 aromatic carbocycles. The van der Waals surface area contributed by atoms with Crippen molar-refractivity contribution >= 4 is 5.91 Å². The maximum absolute atomic E-state index is 11.5. The van der Waals surface area contributed by atoms with Crippen molar-refractivity contribution in [2.24, 2.45) is 5.92 Å². The number of piperidine rings is 2. The van der Waals surface area contributed by atoms with Crippen LogP contribution in [0.25, 0.3) is 0 Å². The van der Waals surface area contributed by atoms with Gasteiger partial charge in [-0.15, -0.1) is 0 Å². The highest BCUT2D eigenvalue weighted by Gasteiger charge is 2.36. The van der Waals surface area contributed by atoms with Crippen LogP contribution in [0.4, 0.5) is 0 Å². The van der Waals surface area contributed by atoms with Crippen LogP contribution in [0.15, 0.2) is 12.3 Å². The van der Waals surface area contributed by atoms with E-state index in [0.717, 1.165) is 49.3 Å². The average molecular weight is 316 g/mol. The zero-order valence-electron chi connectivity index (χ0n) is 13.3. The van der Waals surface area contributed by atoms with Crippen LogP contribution in [-0.4, -0.2) is 46.2 Å². The first-order valence-corrected chi connectivity index (χ1v) is 8.63. The minimum absolute atomic E-state index is 0.422. The monoisotopic (exact) mass is 316 g/mol. The van der Waals surface area contributed by atoms with Crippen LogP contribution in [0.1, 0.15) is 47.3 Å². The van der Waals surface area contributed by atoms with Gasteiger partial charge in [0, 0.05) is 37.9 Å². The second-order valence-electron chi connectivity index (χ2n) is 7.14. The van der Waals surface area contributed by atoms with E-state index in [0.29, 0.717) is 11.6 Å². The van der Waals surface area contributed by atoms with Gasteiger partial charge in [-0.25, -0.2) is 5.48 Å². The van der Waals surface area contributed by atoms with E-state index in [2.05, 4.69) is 15.2 Å². The molecule has 6 nitrogen and oxygen atoms in total. The minimum atomic E-state index is -0.495. The van der Waals surface area contributed by atoms with Crippen molar-refractivity contribution in [1.82, 2.24) is 20.7 Å². The lowest BCUT2D eigenvalue weighted by Crippen LogP contribution is -2.56. The fourth-order valence-electron chi connectivity index (χ4n) is 4.42. The largest absolute Gasteiger partial charge is 0.310 e. The molecule has 2 bridgehead atoms. The lowest BCUT2D eigenvalue weighted by molar-refractivity contribution is 0.0705. The zero-order valence-corrected chi connectivity index (χ0v) is 13.3. The fraction of sp³-hybridized carbons (Fsp3) is 0.647. The molecule has 0 spiro atoms. The second kappa shape index (κ2) is 6.19. The molecule has 4 heterocycles. The predicted molar refractivity (Wildman–Crippen MR) is 85.1 cm³/mol. The number of amides is 1. The van der Waals surface area contributed by atoms with Crippen LogP contribution in [0.2, 0.25) is 0 Å². The summed E-state index contributed by atoms with van der Waals surface area (Å²) >= 11 is 0. The summed E-state index contributed by atoms with van der Waals surface area (Å²) in [6.07, 6.45) is 7.92. The summed E-state index contributed by atoms with van der Waals surface area (Å²) in [5.74, 6) is 0.343. The molecule has 1 aromatic heterocycles. The van der Waals surface area contributed by atoms with E-state index in [4.69, 9.17) is 5.21 Å². The van der Waals surface area contributed by atoms with Crippen LogP contribution < -0.4 is 10.8 Å². The topological polar surface area (TPSA) is 77.5 Å². The molecule has 1 unspecified atom stereocenters. The van der Waals surface area contributed by atoms with Crippen molar-refractivity contribution in [2.45, 2.75) is 50.7 Å². The van der Waals surface area contributed by atoms with E-state index < -0.39 is 5.91 Å². The maximum atomic E-state index is 11.5. The second-order valence-corrected chi connectivity index (χ2v) is 7.14. The molecular formula is C17H24N4O2. The van der Waals surface area contributed by atoms with Crippen LogP contribution >= 0.6 is 0 Å².